The maximum atomic E-state index is 12.1. The van der Waals surface area contributed by atoms with Crippen molar-refractivity contribution in [2.75, 3.05) is 0 Å². The van der Waals surface area contributed by atoms with Gasteiger partial charge in [0.15, 0.2) is 0 Å². The Morgan fingerprint density at radius 3 is 2.42 bits per heavy atom. The summed E-state index contributed by atoms with van der Waals surface area (Å²) in [6, 6.07) is 4.87. The molecule has 1 aromatic carbocycles. The van der Waals surface area contributed by atoms with Crippen molar-refractivity contribution in [2.24, 2.45) is 0 Å². The first kappa shape index (κ1) is 9.74. The molecule has 0 fully saturated rings. The van der Waals surface area contributed by atoms with E-state index in [9.17, 15) is 13.2 Å². The first-order valence-corrected chi connectivity index (χ1v) is 4.64. The van der Waals surface area contributed by atoms with Crippen LogP contribution in [0.15, 0.2) is 29.2 Å². The Labute approximate surface area is 76.2 Å². The molecule has 0 aliphatic carbocycles. The average molecular weight is 213 g/mol. The Balaban J connectivity index is 3.02. The third kappa shape index (κ3) is 2.32. The van der Waals surface area contributed by atoms with E-state index in [0.717, 1.165) is 23.1 Å². The molecule has 5 heteroatoms. The van der Waals surface area contributed by atoms with Gasteiger partial charge in [-0.1, -0.05) is 6.07 Å². The molecule has 0 bridgehead atoms. The van der Waals surface area contributed by atoms with Crippen LogP contribution in [0, 0.1) is 0 Å². The third-order valence-electron chi connectivity index (χ3n) is 1.25. The fraction of sp³-hybridized carbons (Fsp3) is 0.143. The predicted molar refractivity (Wildman–Crippen MR) is 43.2 cm³/mol. The smallest absolute Gasteiger partial charge is 0.166 e. The van der Waals surface area contributed by atoms with E-state index >= 15 is 0 Å². The van der Waals surface area contributed by atoms with Crippen molar-refractivity contribution in [3.8, 4) is 0 Å². The van der Waals surface area contributed by atoms with Crippen LogP contribution < -0.4 is 0 Å². The van der Waals surface area contributed by atoms with E-state index in [4.69, 9.17) is 10.7 Å². The van der Waals surface area contributed by atoms with Gasteiger partial charge in [0.1, 0.15) is 0 Å². The minimum atomic E-state index is -4.29. The average Bonchev–Trinajstić information content (AvgIpc) is 2.03. The molecule has 0 radical (unpaired) electrons. The van der Waals surface area contributed by atoms with Crippen molar-refractivity contribution in [2.45, 2.75) is 11.1 Å². The molecule has 0 saturated carbocycles. The Morgan fingerprint density at radius 1 is 1.25 bits per heavy atom. The first-order valence-electron chi connectivity index (χ1n) is 3.00. The van der Waals surface area contributed by atoms with Gasteiger partial charge in [-0.2, -0.15) is 13.2 Å². The second kappa shape index (κ2) is 3.58. The van der Waals surface area contributed by atoms with Gasteiger partial charge in [0.05, 0.1) is 5.56 Å². The summed E-state index contributed by atoms with van der Waals surface area (Å²) in [5.41, 5.74) is -0.673. The van der Waals surface area contributed by atoms with Crippen molar-refractivity contribution in [3.63, 3.8) is 0 Å². The Morgan fingerprint density at radius 2 is 1.92 bits per heavy atom. The molecule has 0 atom stereocenters. The fourth-order valence-electron chi connectivity index (χ4n) is 0.720. The van der Waals surface area contributed by atoms with Crippen LogP contribution in [0.3, 0.4) is 0 Å². The van der Waals surface area contributed by atoms with Crippen molar-refractivity contribution < 1.29 is 13.2 Å². The first-order chi connectivity index (χ1) is 5.54. The highest BCUT2D eigenvalue weighted by Crippen LogP contribution is 2.32. The fourth-order valence-corrected chi connectivity index (χ4v) is 1.31. The van der Waals surface area contributed by atoms with E-state index in [1.54, 1.807) is 0 Å². The molecule has 0 nitrogen and oxygen atoms in total. The van der Waals surface area contributed by atoms with Gasteiger partial charge < -0.3 is 0 Å². The normalized spacial score (nSPS) is 11.7. The zero-order valence-corrected chi connectivity index (χ0v) is 7.30. The van der Waals surface area contributed by atoms with E-state index < -0.39 is 11.7 Å². The second-order valence-electron chi connectivity index (χ2n) is 2.10. The Kier molecular flexibility index (Phi) is 2.90. The lowest BCUT2D eigenvalue weighted by Gasteiger charge is -2.06. The van der Waals surface area contributed by atoms with Crippen LogP contribution in [0.25, 0.3) is 0 Å². The zero-order chi connectivity index (χ0) is 9.19. The molecule has 0 unspecified atom stereocenters. The van der Waals surface area contributed by atoms with Crippen LogP contribution in [0.1, 0.15) is 5.56 Å². The van der Waals surface area contributed by atoms with E-state index in [1.807, 2.05) is 0 Å². The van der Waals surface area contributed by atoms with Crippen molar-refractivity contribution in [1.29, 1.82) is 0 Å². The molecule has 0 heterocycles. The molecule has 0 amide bonds. The number of hydrogen-bond acceptors (Lipinski definition) is 1. The number of alkyl halides is 3. The SMILES string of the molecule is FC(F)(F)c1cccc(SCl)c1. The molecule has 0 aromatic heterocycles. The maximum Gasteiger partial charge on any atom is 0.416 e. The number of hydrogen-bond donors (Lipinski definition) is 0. The lowest BCUT2D eigenvalue weighted by Crippen LogP contribution is -2.04. The van der Waals surface area contributed by atoms with Gasteiger partial charge in [0, 0.05) is 4.90 Å². The monoisotopic (exact) mass is 212 g/mol. The van der Waals surface area contributed by atoms with Gasteiger partial charge in [0.2, 0.25) is 0 Å². The van der Waals surface area contributed by atoms with Crippen LogP contribution in [0.2, 0.25) is 0 Å². The summed E-state index contributed by atoms with van der Waals surface area (Å²) in [6.07, 6.45) is -4.29. The molecular formula is C7H4ClF3S. The van der Waals surface area contributed by atoms with E-state index in [-0.39, 0.29) is 0 Å². The van der Waals surface area contributed by atoms with Crippen molar-refractivity contribution in [3.05, 3.63) is 29.8 Å². The second-order valence-corrected chi connectivity index (χ2v) is 3.19. The molecule has 0 aliphatic heterocycles. The van der Waals surface area contributed by atoms with Gasteiger partial charge in [0.25, 0.3) is 0 Å². The number of halogens is 4. The highest BCUT2D eigenvalue weighted by molar-refractivity contribution is 8.21. The summed E-state index contributed by atoms with van der Waals surface area (Å²) in [5.74, 6) is 0. The highest BCUT2D eigenvalue weighted by atomic mass is 35.7. The van der Waals surface area contributed by atoms with Gasteiger partial charge in [-0.05, 0) is 39.9 Å². The van der Waals surface area contributed by atoms with Crippen molar-refractivity contribution in [1.82, 2.24) is 0 Å². The topological polar surface area (TPSA) is 0 Å². The summed E-state index contributed by atoms with van der Waals surface area (Å²) in [6.45, 7) is 0. The van der Waals surface area contributed by atoms with Crippen LogP contribution in [-0.2, 0) is 6.18 Å². The van der Waals surface area contributed by atoms with Gasteiger partial charge >= 0.3 is 6.18 Å². The molecular weight excluding hydrogens is 209 g/mol. The molecule has 0 spiro atoms. The maximum absolute atomic E-state index is 12.1. The molecule has 66 valence electrons. The summed E-state index contributed by atoms with van der Waals surface area (Å²) in [4.78, 5) is 0.395. The number of rotatable bonds is 1. The van der Waals surface area contributed by atoms with Crippen LogP contribution in [0.5, 0.6) is 0 Å². The summed E-state index contributed by atoms with van der Waals surface area (Å²) in [5, 5.41) is 0. The molecule has 0 saturated heterocycles. The largest absolute Gasteiger partial charge is 0.416 e. The van der Waals surface area contributed by atoms with Crippen LogP contribution in [-0.4, -0.2) is 0 Å². The zero-order valence-electron chi connectivity index (χ0n) is 5.73. The quantitative estimate of drug-likeness (QED) is 0.679. The van der Waals surface area contributed by atoms with Crippen molar-refractivity contribution >= 4 is 21.7 Å². The Hall–Kier alpha value is -0.350. The lowest BCUT2D eigenvalue weighted by atomic mass is 10.2. The lowest BCUT2D eigenvalue weighted by molar-refractivity contribution is -0.137. The minimum Gasteiger partial charge on any atom is -0.166 e. The predicted octanol–water partition coefficient (Wildman–Crippen LogP) is 3.95. The summed E-state index contributed by atoms with van der Waals surface area (Å²) in [7, 11) is 6.07. The molecule has 1 aromatic rings. The molecule has 12 heavy (non-hydrogen) atoms. The summed E-state index contributed by atoms with van der Waals surface area (Å²) >= 11 is 0. The minimum absolute atomic E-state index is 0.395. The number of benzene rings is 1. The summed E-state index contributed by atoms with van der Waals surface area (Å²) < 4.78 is 36.2. The van der Waals surface area contributed by atoms with E-state index in [1.165, 1.54) is 12.1 Å². The Bertz CT molecular complexity index is 272. The van der Waals surface area contributed by atoms with E-state index in [2.05, 4.69) is 0 Å². The van der Waals surface area contributed by atoms with Crippen LogP contribution in [0.4, 0.5) is 13.2 Å². The van der Waals surface area contributed by atoms with Gasteiger partial charge in [-0.3, -0.25) is 0 Å². The molecule has 0 aliphatic rings. The van der Waals surface area contributed by atoms with Gasteiger partial charge in [-0.15, -0.1) is 0 Å². The van der Waals surface area contributed by atoms with Gasteiger partial charge in [-0.25, -0.2) is 0 Å². The standard InChI is InChI=1S/C7H4ClF3S/c8-12-6-3-1-2-5(4-6)7(9,10)11/h1-4H. The van der Waals surface area contributed by atoms with E-state index in [0.29, 0.717) is 4.90 Å². The molecule has 1 rings (SSSR count). The van der Waals surface area contributed by atoms with Crippen LogP contribution >= 0.6 is 21.7 Å². The molecule has 0 N–H and O–H groups in total. The highest BCUT2D eigenvalue weighted by Gasteiger charge is 2.30. The third-order valence-corrected chi connectivity index (χ3v) is 2.22.